The van der Waals surface area contributed by atoms with Crippen LogP contribution in [0.2, 0.25) is 0 Å². The van der Waals surface area contributed by atoms with Gasteiger partial charge in [0.15, 0.2) is 5.78 Å². The van der Waals surface area contributed by atoms with E-state index in [1.165, 1.54) is 0 Å². The van der Waals surface area contributed by atoms with E-state index < -0.39 is 10.1 Å². The van der Waals surface area contributed by atoms with E-state index in [0.29, 0.717) is 29.6 Å². The summed E-state index contributed by atoms with van der Waals surface area (Å²) in [4.78, 5) is 36.5. The molecule has 0 saturated heterocycles. The molecule has 0 spiro atoms. The predicted molar refractivity (Wildman–Crippen MR) is 130 cm³/mol. The number of nitrogens with one attached hydrogen (secondary N) is 1. The topological polar surface area (TPSA) is 136 Å². The van der Waals surface area contributed by atoms with Gasteiger partial charge in [-0.05, 0) is 50.8 Å². The third-order valence-electron chi connectivity index (χ3n) is 3.92. The Morgan fingerprint density at radius 2 is 1.50 bits per heavy atom. The molecular weight excluding hydrogens is 462 g/mol. The van der Waals surface area contributed by atoms with Gasteiger partial charge in [0.2, 0.25) is 0 Å². The number of Topliss-reactive ketones (excluding diaryl/α,β-unsaturated/α-hetero) is 1. The quantitative estimate of drug-likeness (QED) is 0.212. The summed E-state index contributed by atoms with van der Waals surface area (Å²) in [7, 11) is -3.67. The van der Waals surface area contributed by atoms with Gasteiger partial charge in [-0.2, -0.15) is 8.42 Å². The van der Waals surface area contributed by atoms with E-state index in [9.17, 15) is 22.8 Å². The number of hydrogen-bond acceptors (Lipinski definition) is 8. The summed E-state index contributed by atoms with van der Waals surface area (Å²) < 4.78 is 36.7. The zero-order valence-electron chi connectivity index (χ0n) is 21.4. The Morgan fingerprint density at radius 1 is 1.00 bits per heavy atom. The average molecular weight is 502 g/mol. The van der Waals surface area contributed by atoms with Crippen molar-refractivity contribution in [2.45, 2.75) is 73.5 Å². The van der Waals surface area contributed by atoms with E-state index in [0.717, 1.165) is 0 Å². The van der Waals surface area contributed by atoms with Crippen molar-refractivity contribution in [1.82, 2.24) is 5.32 Å². The second kappa shape index (κ2) is 14.2. The molecule has 0 aromatic heterocycles. The summed E-state index contributed by atoms with van der Waals surface area (Å²) in [5, 5.41) is 3.16. The van der Waals surface area contributed by atoms with Gasteiger partial charge in [-0.15, -0.1) is 0 Å². The standard InChI is InChI=1S/C23H35NO5.CH4O3S/c1-15(2)10-21(26)28-14-18-12-17(19(25)13-24-23(5,6)7)8-9-20(18)29-22(27)11-16(3)4;1-5(2,3)4/h8-9,12,15-16,24H,10-11,13-14H2,1-7H3;1H3,(H,2,3,4). The van der Waals surface area contributed by atoms with Crippen LogP contribution in [0, 0.1) is 11.8 Å². The van der Waals surface area contributed by atoms with Crippen LogP contribution >= 0.6 is 0 Å². The van der Waals surface area contributed by atoms with Crippen molar-refractivity contribution in [3.8, 4) is 5.75 Å². The maximum absolute atomic E-state index is 12.5. The van der Waals surface area contributed by atoms with Gasteiger partial charge in [0.1, 0.15) is 12.4 Å². The highest BCUT2D eigenvalue weighted by Crippen LogP contribution is 2.23. The molecule has 0 bridgehead atoms. The van der Waals surface area contributed by atoms with Gasteiger partial charge in [0, 0.05) is 29.5 Å². The zero-order valence-corrected chi connectivity index (χ0v) is 22.2. The molecular formula is C24H39NO8S. The van der Waals surface area contributed by atoms with Crippen LogP contribution in [-0.2, 0) is 31.1 Å². The Hall–Kier alpha value is -2.30. The van der Waals surface area contributed by atoms with Crippen molar-refractivity contribution >= 4 is 27.8 Å². The molecule has 1 aromatic rings. The SMILES string of the molecule is CC(C)CC(=O)OCc1cc(C(=O)CNC(C)(C)C)ccc1OC(=O)CC(C)C.CS(=O)(=O)O. The molecule has 0 aliphatic rings. The van der Waals surface area contributed by atoms with Crippen LogP contribution in [0.1, 0.15) is 77.2 Å². The van der Waals surface area contributed by atoms with Gasteiger partial charge in [-0.25, -0.2) is 0 Å². The average Bonchev–Trinajstić information content (AvgIpc) is 2.62. The van der Waals surface area contributed by atoms with Gasteiger partial charge >= 0.3 is 11.9 Å². The van der Waals surface area contributed by atoms with Crippen LogP contribution in [0.4, 0.5) is 0 Å². The summed E-state index contributed by atoms with van der Waals surface area (Å²) in [5.41, 5.74) is 0.790. The number of carbonyl (C=O) groups is 3. The molecule has 2 N–H and O–H groups in total. The lowest BCUT2D eigenvalue weighted by Gasteiger charge is -2.20. The minimum Gasteiger partial charge on any atom is -0.461 e. The lowest BCUT2D eigenvalue weighted by atomic mass is 10.0. The molecule has 1 aromatic carbocycles. The summed E-state index contributed by atoms with van der Waals surface area (Å²) in [6.07, 6.45) is 1.30. The molecule has 0 unspecified atom stereocenters. The predicted octanol–water partition coefficient (Wildman–Crippen LogP) is 3.80. The van der Waals surface area contributed by atoms with Crippen molar-refractivity contribution in [3.05, 3.63) is 29.3 Å². The number of carbonyl (C=O) groups excluding carboxylic acids is 3. The van der Waals surface area contributed by atoms with Gasteiger partial charge in [0.05, 0.1) is 12.8 Å². The van der Waals surface area contributed by atoms with Gasteiger partial charge in [0.25, 0.3) is 10.1 Å². The molecule has 194 valence electrons. The van der Waals surface area contributed by atoms with Crippen molar-refractivity contribution in [1.29, 1.82) is 0 Å². The van der Waals surface area contributed by atoms with Crippen LogP contribution in [-0.4, -0.2) is 49.0 Å². The molecule has 0 aliphatic carbocycles. The molecule has 34 heavy (non-hydrogen) atoms. The molecule has 10 heteroatoms. The molecule has 9 nitrogen and oxygen atoms in total. The second-order valence-electron chi connectivity index (χ2n) is 9.91. The monoisotopic (exact) mass is 501 g/mol. The fourth-order valence-corrected chi connectivity index (χ4v) is 2.46. The maximum atomic E-state index is 12.5. The normalized spacial score (nSPS) is 11.6. The molecule has 0 atom stereocenters. The minimum atomic E-state index is -3.67. The number of hydrogen-bond donors (Lipinski definition) is 2. The van der Waals surface area contributed by atoms with E-state index >= 15 is 0 Å². The highest BCUT2D eigenvalue weighted by atomic mass is 32.2. The summed E-state index contributed by atoms with van der Waals surface area (Å²) in [6, 6.07) is 4.85. The smallest absolute Gasteiger partial charge is 0.311 e. The first-order valence-electron chi connectivity index (χ1n) is 11.1. The summed E-state index contributed by atoms with van der Waals surface area (Å²) >= 11 is 0. The van der Waals surface area contributed by atoms with Crippen LogP contribution < -0.4 is 10.1 Å². The molecule has 1 rings (SSSR count). The van der Waals surface area contributed by atoms with Gasteiger partial charge in [-0.1, -0.05) is 27.7 Å². The highest BCUT2D eigenvalue weighted by Gasteiger charge is 2.17. The fraction of sp³-hybridized carbons (Fsp3) is 0.625. The molecule has 0 heterocycles. The van der Waals surface area contributed by atoms with Gasteiger partial charge < -0.3 is 14.8 Å². The lowest BCUT2D eigenvalue weighted by Crippen LogP contribution is -2.39. The van der Waals surface area contributed by atoms with E-state index in [4.69, 9.17) is 14.0 Å². The van der Waals surface area contributed by atoms with E-state index in [2.05, 4.69) is 5.32 Å². The van der Waals surface area contributed by atoms with Crippen molar-refractivity contribution in [3.63, 3.8) is 0 Å². The Balaban J connectivity index is 0.00000196. The van der Waals surface area contributed by atoms with E-state index in [1.54, 1.807) is 18.2 Å². The largest absolute Gasteiger partial charge is 0.461 e. The van der Waals surface area contributed by atoms with Crippen molar-refractivity contribution in [2.75, 3.05) is 12.8 Å². The first-order chi connectivity index (χ1) is 15.4. The maximum Gasteiger partial charge on any atom is 0.311 e. The third-order valence-corrected chi connectivity index (χ3v) is 3.92. The van der Waals surface area contributed by atoms with Crippen LogP contribution in [0.3, 0.4) is 0 Å². The molecule has 0 amide bonds. The highest BCUT2D eigenvalue weighted by molar-refractivity contribution is 7.85. The Morgan fingerprint density at radius 3 is 1.97 bits per heavy atom. The molecule has 0 saturated carbocycles. The molecule has 0 fully saturated rings. The number of esters is 2. The Bertz CT molecular complexity index is 923. The first-order valence-corrected chi connectivity index (χ1v) is 12.9. The lowest BCUT2D eigenvalue weighted by molar-refractivity contribution is -0.145. The van der Waals surface area contributed by atoms with Gasteiger partial charge in [-0.3, -0.25) is 18.9 Å². The molecule has 0 aliphatic heterocycles. The number of benzene rings is 1. The van der Waals surface area contributed by atoms with Crippen LogP contribution in [0.15, 0.2) is 18.2 Å². The van der Waals surface area contributed by atoms with Crippen molar-refractivity contribution in [2.24, 2.45) is 11.8 Å². The van der Waals surface area contributed by atoms with Crippen LogP contribution in [0.25, 0.3) is 0 Å². The number of rotatable bonds is 10. The van der Waals surface area contributed by atoms with Crippen molar-refractivity contribution < 1.29 is 36.8 Å². The zero-order chi connectivity index (χ0) is 26.7. The van der Waals surface area contributed by atoms with E-state index in [-0.39, 0.29) is 54.7 Å². The molecule has 0 radical (unpaired) electrons. The Kier molecular flexibility index (Phi) is 13.2. The first kappa shape index (κ1) is 31.7. The van der Waals surface area contributed by atoms with Crippen LogP contribution in [0.5, 0.6) is 5.75 Å². The number of ketones is 1. The summed E-state index contributed by atoms with van der Waals surface area (Å²) in [5.74, 6) is -0.113. The Labute approximate surface area is 203 Å². The van der Waals surface area contributed by atoms with E-state index in [1.807, 2.05) is 48.5 Å². The number of ether oxygens (including phenoxy) is 2. The summed E-state index contributed by atoms with van der Waals surface area (Å²) in [6.45, 7) is 13.8. The minimum absolute atomic E-state index is 0.0519. The second-order valence-corrected chi connectivity index (χ2v) is 11.4. The third kappa shape index (κ3) is 17.2. The fourth-order valence-electron chi connectivity index (χ4n) is 2.46.